The van der Waals surface area contributed by atoms with E-state index in [1.165, 1.54) is 11.1 Å². The van der Waals surface area contributed by atoms with Gasteiger partial charge in [0.05, 0.1) is 12.0 Å². The number of hydrogen-bond acceptors (Lipinski definition) is 6. The second-order valence-electron chi connectivity index (χ2n) is 9.52. The third-order valence-electron chi connectivity index (χ3n) is 6.99. The Bertz CT molecular complexity index is 841. The van der Waals surface area contributed by atoms with E-state index in [9.17, 15) is 14.4 Å². The Labute approximate surface area is 215 Å². The number of aryl methyl sites for hydroxylation is 2. The molecule has 2 N–H and O–H groups in total. The Morgan fingerprint density at radius 3 is 2.39 bits per heavy atom. The fraction of sp³-hybridized carbons (Fsp3) is 0.667. The number of urea groups is 1. The van der Waals surface area contributed by atoms with Gasteiger partial charge in [0.2, 0.25) is 11.8 Å². The number of ether oxygens (including phenoxy) is 2. The van der Waals surface area contributed by atoms with E-state index >= 15 is 0 Å². The normalized spacial score (nSPS) is 16.7. The standard InChI is InChI=1S/C27H44N4O5/c1-6-27(7-2)24(33)31(25(27)36-20-23(32)28-16-17-30(4)18-19-35-5)26(34)29-15-9-8-10-22-13-11-21(3)12-14-22/h11-14,25H,6-10,15-20H2,1-5H3,(H,28,32)(H,29,34). The molecule has 1 saturated heterocycles. The molecule has 1 aromatic rings. The van der Waals surface area contributed by atoms with Crippen LogP contribution >= 0.6 is 0 Å². The van der Waals surface area contributed by atoms with Crippen LogP contribution in [-0.4, -0.2) is 87.4 Å². The zero-order chi connectivity index (χ0) is 26.6. The molecule has 1 aliphatic rings. The fourth-order valence-corrected chi connectivity index (χ4v) is 4.41. The molecule has 9 nitrogen and oxygen atoms in total. The summed E-state index contributed by atoms with van der Waals surface area (Å²) in [6, 6.07) is 7.99. The number of nitrogens with one attached hydrogen (secondary N) is 2. The zero-order valence-corrected chi connectivity index (χ0v) is 22.6. The predicted octanol–water partition coefficient (Wildman–Crippen LogP) is 2.71. The van der Waals surface area contributed by atoms with Gasteiger partial charge in [-0.05, 0) is 51.6 Å². The Balaban J connectivity index is 1.79. The number of β-lactam (4-membered cyclic amide) rings is 1. The number of carbonyl (C=O) groups excluding carboxylic acids is 3. The molecule has 0 radical (unpaired) electrons. The summed E-state index contributed by atoms with van der Waals surface area (Å²) in [5.41, 5.74) is 1.73. The molecule has 1 unspecified atom stereocenters. The van der Waals surface area contributed by atoms with Crippen LogP contribution in [0, 0.1) is 12.3 Å². The number of amides is 4. The van der Waals surface area contributed by atoms with Crippen LogP contribution in [0.1, 0.15) is 50.7 Å². The number of nitrogens with zero attached hydrogens (tertiary/aromatic N) is 2. The summed E-state index contributed by atoms with van der Waals surface area (Å²) in [6.07, 6.45) is 3.02. The lowest BCUT2D eigenvalue weighted by Crippen LogP contribution is -2.72. The molecule has 1 atom stereocenters. The van der Waals surface area contributed by atoms with Crippen molar-refractivity contribution in [2.75, 3.05) is 53.6 Å². The lowest BCUT2D eigenvalue weighted by atomic mass is 9.72. The first-order chi connectivity index (χ1) is 17.3. The smallest absolute Gasteiger partial charge is 0.326 e. The molecule has 1 heterocycles. The molecule has 0 aliphatic carbocycles. The highest BCUT2D eigenvalue weighted by Crippen LogP contribution is 2.45. The highest BCUT2D eigenvalue weighted by molar-refractivity contribution is 6.03. The van der Waals surface area contributed by atoms with E-state index in [0.29, 0.717) is 39.1 Å². The van der Waals surface area contributed by atoms with Gasteiger partial charge in [-0.3, -0.25) is 9.59 Å². The van der Waals surface area contributed by atoms with E-state index < -0.39 is 17.7 Å². The number of likely N-dealkylation sites (N-methyl/N-ethyl adjacent to an activating group) is 1. The largest absolute Gasteiger partial charge is 0.383 e. The van der Waals surface area contributed by atoms with Crippen LogP contribution in [0.3, 0.4) is 0 Å². The number of benzene rings is 1. The van der Waals surface area contributed by atoms with Crippen LogP contribution in [0.15, 0.2) is 24.3 Å². The number of rotatable bonds is 16. The Kier molecular flexibility index (Phi) is 12.3. The molecule has 1 aromatic carbocycles. The van der Waals surface area contributed by atoms with Gasteiger partial charge in [0.15, 0.2) is 6.23 Å². The highest BCUT2D eigenvalue weighted by atomic mass is 16.5. The van der Waals surface area contributed by atoms with Gasteiger partial charge in [-0.15, -0.1) is 0 Å². The monoisotopic (exact) mass is 504 g/mol. The van der Waals surface area contributed by atoms with Crippen LogP contribution in [0.25, 0.3) is 0 Å². The summed E-state index contributed by atoms with van der Waals surface area (Å²) in [7, 11) is 3.61. The minimum atomic E-state index is -0.774. The fourth-order valence-electron chi connectivity index (χ4n) is 4.41. The number of methoxy groups -OCH3 is 1. The van der Waals surface area contributed by atoms with Crippen molar-refractivity contribution < 1.29 is 23.9 Å². The van der Waals surface area contributed by atoms with Crippen molar-refractivity contribution >= 4 is 17.8 Å². The number of imide groups is 1. The maximum atomic E-state index is 12.9. The van der Waals surface area contributed by atoms with E-state index in [4.69, 9.17) is 9.47 Å². The molecule has 202 valence electrons. The number of carbonyl (C=O) groups is 3. The van der Waals surface area contributed by atoms with Crippen molar-refractivity contribution in [3.05, 3.63) is 35.4 Å². The van der Waals surface area contributed by atoms with Crippen LogP contribution in [-0.2, 0) is 25.5 Å². The van der Waals surface area contributed by atoms with E-state index in [2.05, 4.69) is 46.7 Å². The minimum absolute atomic E-state index is 0.207. The second kappa shape index (κ2) is 14.9. The Hall–Kier alpha value is -2.49. The third-order valence-corrected chi connectivity index (χ3v) is 6.99. The van der Waals surface area contributed by atoms with Gasteiger partial charge >= 0.3 is 6.03 Å². The van der Waals surface area contributed by atoms with Gasteiger partial charge in [0, 0.05) is 33.3 Å². The lowest BCUT2D eigenvalue weighted by Gasteiger charge is -2.53. The Morgan fingerprint density at radius 2 is 1.75 bits per heavy atom. The van der Waals surface area contributed by atoms with Gasteiger partial charge in [-0.2, -0.15) is 0 Å². The average molecular weight is 505 g/mol. The number of unbranched alkanes of at least 4 members (excludes halogenated alkanes) is 1. The summed E-state index contributed by atoms with van der Waals surface area (Å²) in [4.78, 5) is 41.3. The first-order valence-corrected chi connectivity index (χ1v) is 13.0. The Morgan fingerprint density at radius 1 is 1.06 bits per heavy atom. The van der Waals surface area contributed by atoms with Gasteiger partial charge in [0.1, 0.15) is 6.61 Å². The average Bonchev–Trinajstić information content (AvgIpc) is 2.86. The van der Waals surface area contributed by atoms with Crippen LogP contribution in [0.5, 0.6) is 0 Å². The molecule has 0 aromatic heterocycles. The molecule has 9 heteroatoms. The van der Waals surface area contributed by atoms with Crippen LogP contribution < -0.4 is 10.6 Å². The molecule has 0 saturated carbocycles. The summed E-state index contributed by atoms with van der Waals surface area (Å²) in [6.45, 7) is 8.72. The second-order valence-corrected chi connectivity index (χ2v) is 9.52. The van der Waals surface area contributed by atoms with Crippen LogP contribution in [0.4, 0.5) is 4.79 Å². The van der Waals surface area contributed by atoms with Gasteiger partial charge in [-0.25, -0.2) is 9.69 Å². The SMILES string of the molecule is CCC1(CC)C(=O)N(C(=O)NCCCCc2ccc(C)cc2)C1OCC(=O)NCCN(C)CCOC. The number of likely N-dealkylation sites (tertiary alicyclic amines) is 1. The third kappa shape index (κ3) is 8.01. The molecule has 4 amide bonds. The van der Waals surface area contributed by atoms with Crippen molar-refractivity contribution in [3.63, 3.8) is 0 Å². The molecule has 0 bridgehead atoms. The van der Waals surface area contributed by atoms with Crippen molar-refractivity contribution in [3.8, 4) is 0 Å². The molecular formula is C27H44N4O5. The van der Waals surface area contributed by atoms with Crippen molar-refractivity contribution in [2.45, 2.75) is 59.1 Å². The maximum Gasteiger partial charge on any atom is 0.326 e. The van der Waals surface area contributed by atoms with E-state index in [0.717, 1.165) is 30.7 Å². The maximum absolute atomic E-state index is 12.9. The molecule has 36 heavy (non-hydrogen) atoms. The topological polar surface area (TPSA) is 100 Å². The highest BCUT2D eigenvalue weighted by Gasteiger charge is 2.61. The summed E-state index contributed by atoms with van der Waals surface area (Å²) in [5, 5.41) is 5.67. The van der Waals surface area contributed by atoms with Crippen molar-refractivity contribution in [1.82, 2.24) is 20.4 Å². The van der Waals surface area contributed by atoms with E-state index in [1.807, 2.05) is 20.9 Å². The summed E-state index contributed by atoms with van der Waals surface area (Å²) < 4.78 is 10.9. The van der Waals surface area contributed by atoms with Gasteiger partial charge in [0.25, 0.3) is 0 Å². The first-order valence-electron chi connectivity index (χ1n) is 13.0. The van der Waals surface area contributed by atoms with Crippen molar-refractivity contribution in [1.29, 1.82) is 0 Å². The molecular weight excluding hydrogens is 460 g/mol. The molecule has 2 rings (SSSR count). The van der Waals surface area contributed by atoms with Crippen LogP contribution in [0.2, 0.25) is 0 Å². The first kappa shape index (κ1) is 29.7. The quantitative estimate of drug-likeness (QED) is 0.265. The van der Waals surface area contributed by atoms with Gasteiger partial charge in [-0.1, -0.05) is 43.7 Å². The summed E-state index contributed by atoms with van der Waals surface area (Å²) >= 11 is 0. The number of hydrogen-bond donors (Lipinski definition) is 2. The van der Waals surface area contributed by atoms with Gasteiger partial charge < -0.3 is 25.0 Å². The summed E-state index contributed by atoms with van der Waals surface area (Å²) in [5.74, 6) is -0.512. The minimum Gasteiger partial charge on any atom is -0.383 e. The molecule has 1 fully saturated rings. The predicted molar refractivity (Wildman–Crippen MR) is 139 cm³/mol. The van der Waals surface area contributed by atoms with E-state index in [1.54, 1.807) is 7.11 Å². The van der Waals surface area contributed by atoms with E-state index in [-0.39, 0.29) is 18.4 Å². The molecule has 0 spiro atoms. The molecule has 1 aliphatic heterocycles. The zero-order valence-electron chi connectivity index (χ0n) is 22.6. The lowest BCUT2D eigenvalue weighted by molar-refractivity contribution is -0.210. The van der Waals surface area contributed by atoms with Crippen molar-refractivity contribution in [2.24, 2.45) is 5.41 Å².